The Morgan fingerprint density at radius 3 is 2.94 bits per heavy atom. The molecule has 0 fully saturated rings. The van der Waals surface area contributed by atoms with Crippen LogP contribution in [0.4, 0.5) is 0 Å². The lowest BCUT2D eigenvalue weighted by Gasteiger charge is -2.04. The molecule has 2 aromatic heterocycles. The standard InChI is InChI=1S/C12H8Br2N4/c13-5-10-7-18(17-16-10)11-3-1-2-8-4-9(14)6-15-12(8)11/h1-4,6-7H,5H2. The Morgan fingerprint density at radius 2 is 2.17 bits per heavy atom. The summed E-state index contributed by atoms with van der Waals surface area (Å²) in [4.78, 5) is 4.44. The summed E-state index contributed by atoms with van der Waals surface area (Å²) >= 11 is 6.79. The fraction of sp³-hybridized carbons (Fsp3) is 0.0833. The second-order valence-electron chi connectivity index (χ2n) is 3.79. The summed E-state index contributed by atoms with van der Waals surface area (Å²) < 4.78 is 2.71. The number of pyridine rings is 1. The van der Waals surface area contributed by atoms with E-state index in [1.807, 2.05) is 30.5 Å². The number of fused-ring (bicyclic) bond motifs is 1. The SMILES string of the molecule is BrCc1cn(-c2cccc3cc(Br)cnc23)nn1. The van der Waals surface area contributed by atoms with Crippen LogP contribution in [-0.2, 0) is 5.33 Å². The van der Waals surface area contributed by atoms with Crippen LogP contribution in [-0.4, -0.2) is 20.0 Å². The summed E-state index contributed by atoms with van der Waals surface area (Å²) in [6.07, 6.45) is 3.68. The zero-order valence-corrected chi connectivity index (χ0v) is 12.4. The molecular weight excluding hydrogens is 360 g/mol. The van der Waals surface area contributed by atoms with E-state index in [-0.39, 0.29) is 0 Å². The zero-order valence-electron chi connectivity index (χ0n) is 9.22. The molecule has 1 aromatic carbocycles. The zero-order chi connectivity index (χ0) is 12.5. The first-order chi connectivity index (χ1) is 8.78. The first-order valence-corrected chi connectivity index (χ1v) is 7.21. The lowest BCUT2D eigenvalue weighted by Crippen LogP contribution is -1.97. The van der Waals surface area contributed by atoms with Crippen LogP contribution in [0.5, 0.6) is 0 Å². The Labute approximate surface area is 120 Å². The van der Waals surface area contributed by atoms with Crippen LogP contribution in [0.1, 0.15) is 5.69 Å². The van der Waals surface area contributed by atoms with E-state index in [9.17, 15) is 0 Å². The van der Waals surface area contributed by atoms with Crippen molar-refractivity contribution in [3.63, 3.8) is 0 Å². The van der Waals surface area contributed by atoms with Crippen LogP contribution in [0.15, 0.2) is 41.1 Å². The van der Waals surface area contributed by atoms with Gasteiger partial charge in [-0.3, -0.25) is 4.98 Å². The molecule has 4 nitrogen and oxygen atoms in total. The molecule has 0 N–H and O–H groups in total. The average molecular weight is 368 g/mol. The normalized spacial score (nSPS) is 11.0. The lowest BCUT2D eigenvalue weighted by atomic mass is 10.2. The first kappa shape index (κ1) is 11.8. The molecule has 0 saturated carbocycles. The molecule has 2 heterocycles. The van der Waals surface area contributed by atoms with E-state index in [2.05, 4.69) is 47.2 Å². The van der Waals surface area contributed by atoms with Gasteiger partial charge in [0, 0.05) is 21.4 Å². The monoisotopic (exact) mass is 366 g/mol. The number of aromatic nitrogens is 4. The second kappa shape index (κ2) is 4.78. The van der Waals surface area contributed by atoms with Gasteiger partial charge < -0.3 is 0 Å². The highest BCUT2D eigenvalue weighted by molar-refractivity contribution is 9.10. The molecule has 0 amide bonds. The van der Waals surface area contributed by atoms with Crippen molar-refractivity contribution in [2.24, 2.45) is 0 Å². The summed E-state index contributed by atoms with van der Waals surface area (Å²) in [5.74, 6) is 0. The molecule has 0 aliphatic carbocycles. The van der Waals surface area contributed by atoms with Crippen molar-refractivity contribution in [3.8, 4) is 5.69 Å². The molecule has 18 heavy (non-hydrogen) atoms. The Bertz CT molecular complexity index is 708. The molecule has 3 rings (SSSR count). The minimum atomic E-state index is 0.691. The van der Waals surface area contributed by atoms with Crippen molar-refractivity contribution in [1.29, 1.82) is 0 Å². The summed E-state index contributed by atoms with van der Waals surface area (Å²) in [7, 11) is 0. The molecule has 0 radical (unpaired) electrons. The highest BCUT2D eigenvalue weighted by atomic mass is 79.9. The first-order valence-electron chi connectivity index (χ1n) is 5.30. The molecule has 90 valence electrons. The second-order valence-corrected chi connectivity index (χ2v) is 5.27. The topological polar surface area (TPSA) is 43.6 Å². The van der Waals surface area contributed by atoms with Crippen LogP contribution in [0.3, 0.4) is 0 Å². The maximum Gasteiger partial charge on any atom is 0.0960 e. The molecule has 0 saturated heterocycles. The van der Waals surface area contributed by atoms with E-state index in [1.165, 1.54) is 0 Å². The number of nitrogens with zero attached hydrogens (tertiary/aromatic N) is 4. The Kier molecular flexibility index (Phi) is 3.13. The number of para-hydroxylation sites is 1. The van der Waals surface area contributed by atoms with Crippen molar-refractivity contribution < 1.29 is 0 Å². The Hall–Kier alpha value is -1.27. The van der Waals surface area contributed by atoms with Gasteiger partial charge >= 0.3 is 0 Å². The number of alkyl halides is 1. The predicted octanol–water partition coefficient (Wildman–Crippen LogP) is 3.47. The van der Waals surface area contributed by atoms with Crippen LogP contribution in [0, 0.1) is 0 Å². The molecule has 0 aliphatic rings. The van der Waals surface area contributed by atoms with E-state index in [0.717, 1.165) is 26.8 Å². The van der Waals surface area contributed by atoms with Crippen LogP contribution in [0.25, 0.3) is 16.6 Å². The van der Waals surface area contributed by atoms with Gasteiger partial charge in [0.25, 0.3) is 0 Å². The number of benzene rings is 1. The summed E-state index contributed by atoms with van der Waals surface area (Å²) in [6, 6.07) is 8.03. The van der Waals surface area contributed by atoms with E-state index in [1.54, 1.807) is 10.9 Å². The molecule has 0 spiro atoms. The highest BCUT2D eigenvalue weighted by Gasteiger charge is 2.07. The van der Waals surface area contributed by atoms with Gasteiger partial charge in [-0.1, -0.05) is 33.3 Å². The van der Waals surface area contributed by atoms with Gasteiger partial charge in [-0.25, -0.2) is 4.68 Å². The van der Waals surface area contributed by atoms with Crippen molar-refractivity contribution in [3.05, 3.63) is 46.8 Å². The number of rotatable bonds is 2. The number of halogens is 2. The third-order valence-corrected chi connectivity index (χ3v) is 3.59. The van der Waals surface area contributed by atoms with Gasteiger partial charge in [-0.15, -0.1) is 5.10 Å². The van der Waals surface area contributed by atoms with E-state index < -0.39 is 0 Å². The quantitative estimate of drug-likeness (QED) is 0.651. The Morgan fingerprint density at radius 1 is 1.28 bits per heavy atom. The highest BCUT2D eigenvalue weighted by Crippen LogP contribution is 2.22. The number of hydrogen-bond acceptors (Lipinski definition) is 3. The molecule has 6 heteroatoms. The average Bonchev–Trinajstić information content (AvgIpc) is 2.86. The minimum absolute atomic E-state index is 0.691. The third kappa shape index (κ3) is 2.06. The fourth-order valence-corrected chi connectivity index (χ4v) is 2.39. The van der Waals surface area contributed by atoms with Crippen molar-refractivity contribution in [2.75, 3.05) is 0 Å². The van der Waals surface area contributed by atoms with E-state index >= 15 is 0 Å². The molecule has 0 atom stereocenters. The lowest BCUT2D eigenvalue weighted by molar-refractivity contribution is 0.803. The predicted molar refractivity (Wildman–Crippen MR) is 77.0 cm³/mol. The smallest absolute Gasteiger partial charge is 0.0960 e. The molecule has 3 aromatic rings. The third-order valence-electron chi connectivity index (χ3n) is 2.58. The number of hydrogen-bond donors (Lipinski definition) is 0. The van der Waals surface area contributed by atoms with Crippen molar-refractivity contribution >= 4 is 42.8 Å². The van der Waals surface area contributed by atoms with Gasteiger partial charge in [0.15, 0.2) is 0 Å². The summed E-state index contributed by atoms with van der Waals surface area (Å²) in [6.45, 7) is 0. The van der Waals surface area contributed by atoms with Crippen molar-refractivity contribution in [1.82, 2.24) is 20.0 Å². The van der Waals surface area contributed by atoms with Gasteiger partial charge in [-0.05, 0) is 28.1 Å². The van der Waals surface area contributed by atoms with Crippen molar-refractivity contribution in [2.45, 2.75) is 5.33 Å². The maximum absolute atomic E-state index is 4.44. The largest absolute Gasteiger partial charge is 0.253 e. The molecule has 0 aliphatic heterocycles. The molecule has 0 unspecified atom stereocenters. The van der Waals surface area contributed by atoms with E-state index in [4.69, 9.17) is 0 Å². The van der Waals surface area contributed by atoms with Gasteiger partial charge in [0.1, 0.15) is 0 Å². The van der Waals surface area contributed by atoms with E-state index in [0.29, 0.717) is 5.33 Å². The van der Waals surface area contributed by atoms with Gasteiger partial charge in [0.2, 0.25) is 0 Å². The van der Waals surface area contributed by atoms with Gasteiger partial charge in [0.05, 0.1) is 23.1 Å². The minimum Gasteiger partial charge on any atom is -0.253 e. The van der Waals surface area contributed by atoms with Gasteiger partial charge in [-0.2, -0.15) is 0 Å². The van der Waals surface area contributed by atoms with Crippen LogP contribution >= 0.6 is 31.9 Å². The molecule has 0 bridgehead atoms. The fourth-order valence-electron chi connectivity index (χ4n) is 1.78. The Balaban J connectivity index is 2.22. The summed E-state index contributed by atoms with van der Waals surface area (Å²) in [5, 5.41) is 9.94. The van der Waals surface area contributed by atoms with Crippen LogP contribution < -0.4 is 0 Å². The summed E-state index contributed by atoms with van der Waals surface area (Å²) in [5.41, 5.74) is 2.73. The molecular formula is C12H8Br2N4. The van der Waals surface area contributed by atoms with Crippen LogP contribution in [0.2, 0.25) is 0 Å². The maximum atomic E-state index is 4.44.